The van der Waals surface area contributed by atoms with E-state index in [1.54, 1.807) is 4.31 Å². The molecule has 1 spiro atoms. The van der Waals surface area contributed by atoms with Gasteiger partial charge in [-0.15, -0.1) is 0 Å². The minimum Gasteiger partial charge on any atom is -0.300 e. The molecule has 24 heavy (non-hydrogen) atoms. The molecule has 2 saturated carbocycles. The first-order chi connectivity index (χ1) is 11.6. The lowest BCUT2D eigenvalue weighted by Crippen LogP contribution is -2.52. The van der Waals surface area contributed by atoms with E-state index in [9.17, 15) is 8.42 Å². The van der Waals surface area contributed by atoms with Crippen LogP contribution < -0.4 is 4.31 Å². The Morgan fingerprint density at radius 1 is 1.04 bits per heavy atom. The van der Waals surface area contributed by atoms with Crippen molar-refractivity contribution in [3.05, 3.63) is 29.8 Å². The first-order valence-electron chi connectivity index (χ1n) is 9.48. The fourth-order valence-electron chi connectivity index (χ4n) is 4.82. The van der Waals surface area contributed by atoms with Crippen molar-refractivity contribution >= 4 is 15.7 Å². The molecule has 0 radical (unpaired) electrons. The standard InChI is InChI=1S/C19H26N2O2S/c22-24(23)19(10-12-20(13-11-19)16-4-3-5-16)17-6-1-2-7-18(17)21(24)14-15-8-9-15/h1-2,6-7,15-16H,3-5,8-14H2. The molecule has 0 aromatic heterocycles. The summed E-state index contributed by atoms with van der Waals surface area (Å²) in [6.07, 6.45) is 7.79. The molecule has 0 amide bonds. The van der Waals surface area contributed by atoms with Gasteiger partial charge in [-0.1, -0.05) is 24.6 Å². The van der Waals surface area contributed by atoms with Crippen LogP contribution in [0.4, 0.5) is 5.69 Å². The number of para-hydroxylation sites is 1. The highest BCUT2D eigenvalue weighted by Crippen LogP contribution is 2.54. The zero-order valence-corrected chi connectivity index (χ0v) is 15.0. The molecule has 1 aromatic carbocycles. The molecular formula is C19H26N2O2S. The van der Waals surface area contributed by atoms with E-state index < -0.39 is 14.8 Å². The summed E-state index contributed by atoms with van der Waals surface area (Å²) in [5, 5.41) is 0. The third-order valence-electron chi connectivity index (χ3n) is 6.77. The lowest BCUT2D eigenvalue weighted by atomic mass is 9.84. The maximum Gasteiger partial charge on any atom is 0.245 e. The summed E-state index contributed by atoms with van der Waals surface area (Å²) in [7, 11) is -3.30. The summed E-state index contributed by atoms with van der Waals surface area (Å²) in [4.78, 5) is 2.54. The van der Waals surface area contributed by atoms with Crippen LogP contribution in [0.5, 0.6) is 0 Å². The second-order valence-corrected chi connectivity index (χ2v) is 10.3. The molecule has 5 heteroatoms. The SMILES string of the molecule is O=S1(=O)N(CC2CC2)c2ccccc2C12CCN(C1CCC1)CC2. The largest absolute Gasteiger partial charge is 0.300 e. The van der Waals surface area contributed by atoms with Crippen molar-refractivity contribution in [2.75, 3.05) is 23.9 Å². The number of benzene rings is 1. The first-order valence-corrected chi connectivity index (χ1v) is 10.9. The van der Waals surface area contributed by atoms with E-state index in [0.29, 0.717) is 18.5 Å². The van der Waals surface area contributed by atoms with Gasteiger partial charge in [-0.2, -0.15) is 0 Å². The third kappa shape index (κ3) is 2.03. The van der Waals surface area contributed by atoms with Crippen LogP contribution in [0.15, 0.2) is 24.3 Å². The highest BCUT2D eigenvalue weighted by atomic mass is 32.2. The Morgan fingerprint density at radius 2 is 1.75 bits per heavy atom. The van der Waals surface area contributed by atoms with E-state index >= 15 is 0 Å². The zero-order valence-electron chi connectivity index (χ0n) is 14.2. The summed E-state index contributed by atoms with van der Waals surface area (Å²) < 4.78 is 28.2. The quantitative estimate of drug-likeness (QED) is 0.844. The highest BCUT2D eigenvalue weighted by molar-refractivity contribution is 7.94. The first kappa shape index (κ1) is 15.2. The van der Waals surface area contributed by atoms with Crippen molar-refractivity contribution in [2.45, 2.75) is 55.7 Å². The summed E-state index contributed by atoms with van der Waals surface area (Å²) in [5.41, 5.74) is 2.03. The van der Waals surface area contributed by atoms with E-state index in [1.165, 1.54) is 32.1 Å². The van der Waals surface area contributed by atoms with Crippen LogP contribution in [-0.4, -0.2) is 39.0 Å². The number of fused-ring (bicyclic) bond motifs is 2. The molecule has 4 nitrogen and oxygen atoms in total. The molecule has 2 aliphatic heterocycles. The van der Waals surface area contributed by atoms with E-state index in [4.69, 9.17) is 0 Å². The molecular weight excluding hydrogens is 320 g/mol. The Morgan fingerprint density at radius 3 is 2.38 bits per heavy atom. The van der Waals surface area contributed by atoms with Gasteiger partial charge in [0, 0.05) is 25.7 Å². The van der Waals surface area contributed by atoms with Crippen LogP contribution in [-0.2, 0) is 14.8 Å². The third-order valence-corrected chi connectivity index (χ3v) is 9.31. The average Bonchev–Trinajstić information content (AvgIpc) is 3.33. The van der Waals surface area contributed by atoms with E-state index in [-0.39, 0.29) is 0 Å². The Bertz CT molecular complexity index is 744. The molecule has 0 atom stereocenters. The second kappa shape index (κ2) is 5.21. The van der Waals surface area contributed by atoms with Crippen molar-refractivity contribution in [1.29, 1.82) is 0 Å². The Kier molecular flexibility index (Phi) is 3.30. The number of sulfonamides is 1. The van der Waals surface area contributed by atoms with Gasteiger partial charge in [0.1, 0.15) is 4.75 Å². The van der Waals surface area contributed by atoms with Gasteiger partial charge in [0.2, 0.25) is 10.0 Å². The van der Waals surface area contributed by atoms with Gasteiger partial charge in [0.25, 0.3) is 0 Å². The molecule has 4 aliphatic rings. The number of nitrogens with zero attached hydrogens (tertiary/aromatic N) is 2. The number of piperidine rings is 1. The highest BCUT2D eigenvalue weighted by Gasteiger charge is 2.57. The van der Waals surface area contributed by atoms with E-state index in [2.05, 4.69) is 11.0 Å². The molecule has 0 N–H and O–H groups in total. The monoisotopic (exact) mass is 346 g/mol. The van der Waals surface area contributed by atoms with Gasteiger partial charge >= 0.3 is 0 Å². The predicted octanol–water partition coefficient (Wildman–Crippen LogP) is 3.09. The minimum absolute atomic E-state index is 0.568. The van der Waals surface area contributed by atoms with E-state index in [1.807, 2.05) is 18.2 Å². The maximum atomic E-state index is 13.6. The van der Waals surface area contributed by atoms with Gasteiger partial charge < -0.3 is 4.90 Å². The lowest BCUT2D eigenvalue weighted by molar-refractivity contribution is 0.0905. The smallest absolute Gasteiger partial charge is 0.245 e. The van der Waals surface area contributed by atoms with Gasteiger partial charge in [-0.25, -0.2) is 8.42 Å². The summed E-state index contributed by atoms with van der Waals surface area (Å²) in [6, 6.07) is 8.79. The summed E-state index contributed by atoms with van der Waals surface area (Å²) in [5.74, 6) is 0.568. The molecule has 1 aromatic rings. The molecule has 130 valence electrons. The van der Waals surface area contributed by atoms with Crippen molar-refractivity contribution in [1.82, 2.24) is 4.90 Å². The van der Waals surface area contributed by atoms with Crippen LogP contribution in [0.2, 0.25) is 0 Å². The topological polar surface area (TPSA) is 40.6 Å². The van der Waals surface area contributed by atoms with Crippen molar-refractivity contribution in [3.63, 3.8) is 0 Å². The normalized spacial score (nSPS) is 28.8. The van der Waals surface area contributed by atoms with Crippen LogP contribution in [0, 0.1) is 5.92 Å². The van der Waals surface area contributed by atoms with Gasteiger partial charge in [0.15, 0.2) is 0 Å². The zero-order chi connectivity index (χ0) is 16.4. The molecule has 2 heterocycles. The average molecular weight is 346 g/mol. The predicted molar refractivity (Wildman–Crippen MR) is 95.6 cm³/mol. The van der Waals surface area contributed by atoms with Crippen molar-refractivity contribution in [3.8, 4) is 0 Å². The van der Waals surface area contributed by atoms with Gasteiger partial charge in [-0.3, -0.25) is 4.31 Å². The van der Waals surface area contributed by atoms with Crippen LogP contribution in [0.1, 0.15) is 50.5 Å². The number of rotatable bonds is 3. The van der Waals surface area contributed by atoms with Crippen molar-refractivity contribution < 1.29 is 8.42 Å². The molecule has 2 aliphatic carbocycles. The second-order valence-electron chi connectivity index (χ2n) is 8.11. The Labute approximate surface area is 144 Å². The van der Waals surface area contributed by atoms with Crippen molar-refractivity contribution in [2.24, 2.45) is 5.92 Å². The maximum absolute atomic E-state index is 13.6. The lowest BCUT2D eigenvalue weighted by Gasteiger charge is -2.45. The van der Waals surface area contributed by atoms with E-state index in [0.717, 1.165) is 37.2 Å². The number of anilines is 1. The van der Waals surface area contributed by atoms with Crippen LogP contribution in [0.3, 0.4) is 0 Å². The number of hydrogen-bond acceptors (Lipinski definition) is 3. The summed E-state index contributed by atoms with van der Waals surface area (Å²) in [6.45, 7) is 2.54. The molecule has 3 fully saturated rings. The molecule has 0 unspecified atom stereocenters. The Hall–Kier alpha value is -1.07. The number of likely N-dealkylation sites (tertiary alicyclic amines) is 1. The molecule has 0 bridgehead atoms. The number of hydrogen-bond donors (Lipinski definition) is 0. The fourth-order valence-corrected chi connectivity index (χ4v) is 7.21. The minimum atomic E-state index is -3.30. The fraction of sp³-hybridized carbons (Fsp3) is 0.684. The summed E-state index contributed by atoms with van der Waals surface area (Å²) >= 11 is 0. The van der Waals surface area contributed by atoms with Gasteiger partial charge in [-0.05, 0) is 56.1 Å². The Balaban J connectivity index is 1.50. The van der Waals surface area contributed by atoms with Crippen LogP contribution in [0.25, 0.3) is 0 Å². The molecule has 5 rings (SSSR count). The van der Waals surface area contributed by atoms with Gasteiger partial charge in [0.05, 0.1) is 5.69 Å². The molecule has 1 saturated heterocycles. The van der Waals surface area contributed by atoms with Crippen LogP contribution >= 0.6 is 0 Å².